The van der Waals surface area contributed by atoms with Gasteiger partial charge in [-0.25, -0.2) is 4.98 Å². The monoisotopic (exact) mass is 292 g/mol. The minimum absolute atomic E-state index is 0.252. The van der Waals surface area contributed by atoms with E-state index >= 15 is 0 Å². The van der Waals surface area contributed by atoms with Crippen LogP contribution >= 0.6 is 0 Å². The first-order chi connectivity index (χ1) is 10.1. The van der Waals surface area contributed by atoms with Gasteiger partial charge in [0.15, 0.2) is 0 Å². The van der Waals surface area contributed by atoms with Crippen LogP contribution in [0, 0.1) is 5.92 Å². The molecule has 0 amide bonds. The number of ether oxygens (including phenoxy) is 1. The molecule has 0 bridgehead atoms. The predicted molar refractivity (Wildman–Crippen MR) is 85.4 cm³/mol. The van der Waals surface area contributed by atoms with Crippen molar-refractivity contribution in [2.45, 2.75) is 52.8 Å². The van der Waals surface area contributed by atoms with Crippen molar-refractivity contribution in [1.29, 1.82) is 0 Å². The Morgan fingerprint density at radius 2 is 2.19 bits per heavy atom. The Balaban J connectivity index is 1.96. The van der Waals surface area contributed by atoms with Crippen molar-refractivity contribution in [3.8, 4) is 0 Å². The molecule has 1 aliphatic heterocycles. The smallest absolute Gasteiger partial charge is 0.147 e. The van der Waals surface area contributed by atoms with Crippen LogP contribution < -0.4 is 10.2 Å². The lowest BCUT2D eigenvalue weighted by Gasteiger charge is -2.38. The molecule has 0 spiro atoms. The van der Waals surface area contributed by atoms with E-state index in [-0.39, 0.29) is 6.10 Å². The molecule has 118 valence electrons. The van der Waals surface area contributed by atoms with Crippen LogP contribution in [-0.2, 0) is 11.3 Å². The van der Waals surface area contributed by atoms with Gasteiger partial charge >= 0.3 is 0 Å². The zero-order valence-electron chi connectivity index (χ0n) is 13.7. The number of nitrogens with zero attached hydrogens (tertiary/aromatic N) is 3. The number of morpholine rings is 1. The molecule has 2 heterocycles. The maximum absolute atomic E-state index is 5.73. The maximum Gasteiger partial charge on any atom is 0.147 e. The van der Waals surface area contributed by atoms with Gasteiger partial charge in [-0.3, -0.25) is 4.98 Å². The van der Waals surface area contributed by atoms with Gasteiger partial charge in [0.1, 0.15) is 5.82 Å². The zero-order chi connectivity index (χ0) is 15.2. The van der Waals surface area contributed by atoms with E-state index in [2.05, 4.69) is 47.9 Å². The molecule has 2 atom stereocenters. The standard InChI is InChI=1S/C16H28N4O/c1-5-15-11-21-13(4)10-20(15)16-9-18-14(8-19-16)7-17-6-12(2)3/h8-9,12-13,15,17H,5-7,10-11H2,1-4H3. The number of rotatable bonds is 6. The first kappa shape index (κ1) is 16.2. The average molecular weight is 292 g/mol. The third kappa shape index (κ3) is 4.64. The Hall–Kier alpha value is -1.20. The molecule has 0 saturated carbocycles. The van der Waals surface area contributed by atoms with Crippen molar-refractivity contribution in [2.24, 2.45) is 5.92 Å². The summed E-state index contributed by atoms with van der Waals surface area (Å²) in [5, 5.41) is 3.39. The molecule has 1 aromatic heterocycles. The quantitative estimate of drug-likeness (QED) is 0.871. The SMILES string of the molecule is CCC1COC(C)CN1c1cnc(CNCC(C)C)cn1. The second-order valence-electron chi connectivity index (χ2n) is 6.25. The highest BCUT2D eigenvalue weighted by atomic mass is 16.5. The average Bonchev–Trinajstić information content (AvgIpc) is 2.47. The summed E-state index contributed by atoms with van der Waals surface area (Å²) < 4.78 is 5.73. The summed E-state index contributed by atoms with van der Waals surface area (Å²) in [7, 11) is 0. The van der Waals surface area contributed by atoms with Crippen LogP contribution in [0.15, 0.2) is 12.4 Å². The van der Waals surface area contributed by atoms with Crippen molar-refractivity contribution >= 4 is 5.82 Å². The molecule has 2 unspecified atom stereocenters. The van der Waals surface area contributed by atoms with E-state index in [9.17, 15) is 0 Å². The largest absolute Gasteiger partial charge is 0.375 e. The fourth-order valence-corrected chi connectivity index (χ4v) is 2.54. The fourth-order valence-electron chi connectivity index (χ4n) is 2.54. The van der Waals surface area contributed by atoms with E-state index in [1.165, 1.54) is 0 Å². The third-order valence-corrected chi connectivity index (χ3v) is 3.78. The number of hydrogen-bond acceptors (Lipinski definition) is 5. The summed E-state index contributed by atoms with van der Waals surface area (Å²) >= 11 is 0. The van der Waals surface area contributed by atoms with E-state index in [0.29, 0.717) is 12.0 Å². The predicted octanol–water partition coefficient (Wildman–Crippen LogP) is 2.23. The topological polar surface area (TPSA) is 50.3 Å². The van der Waals surface area contributed by atoms with Gasteiger partial charge in [-0.1, -0.05) is 20.8 Å². The summed E-state index contributed by atoms with van der Waals surface area (Å²) in [6.07, 6.45) is 5.09. The molecule has 1 aliphatic rings. The van der Waals surface area contributed by atoms with Gasteiger partial charge in [0.05, 0.1) is 36.8 Å². The lowest BCUT2D eigenvalue weighted by atomic mass is 10.1. The molecule has 2 rings (SSSR count). The molecule has 1 N–H and O–H groups in total. The van der Waals surface area contributed by atoms with Crippen molar-refractivity contribution in [2.75, 3.05) is 24.6 Å². The number of hydrogen-bond donors (Lipinski definition) is 1. The molecular weight excluding hydrogens is 264 g/mol. The Morgan fingerprint density at radius 1 is 1.38 bits per heavy atom. The first-order valence-corrected chi connectivity index (χ1v) is 8.00. The van der Waals surface area contributed by atoms with Crippen LogP contribution in [0.25, 0.3) is 0 Å². The Bertz CT molecular complexity index is 421. The second-order valence-corrected chi connectivity index (χ2v) is 6.25. The van der Waals surface area contributed by atoms with E-state index < -0.39 is 0 Å². The summed E-state index contributed by atoms with van der Waals surface area (Å²) in [6, 6.07) is 0.403. The Kier molecular flexibility index (Phi) is 5.94. The lowest BCUT2D eigenvalue weighted by Crippen LogP contribution is -2.49. The van der Waals surface area contributed by atoms with Gasteiger partial charge in [-0.15, -0.1) is 0 Å². The van der Waals surface area contributed by atoms with Crippen LogP contribution in [0.3, 0.4) is 0 Å². The Labute approximate surface area is 128 Å². The zero-order valence-corrected chi connectivity index (χ0v) is 13.7. The van der Waals surface area contributed by atoms with Crippen LogP contribution in [-0.4, -0.2) is 41.8 Å². The minimum atomic E-state index is 0.252. The normalized spacial score (nSPS) is 22.8. The van der Waals surface area contributed by atoms with Crippen molar-refractivity contribution in [1.82, 2.24) is 15.3 Å². The molecule has 0 aromatic carbocycles. The van der Waals surface area contributed by atoms with Crippen molar-refractivity contribution < 1.29 is 4.74 Å². The van der Waals surface area contributed by atoms with Crippen LogP contribution in [0.2, 0.25) is 0 Å². The van der Waals surface area contributed by atoms with Crippen molar-refractivity contribution in [3.63, 3.8) is 0 Å². The molecule has 1 saturated heterocycles. The molecule has 21 heavy (non-hydrogen) atoms. The molecular formula is C16H28N4O. The molecule has 0 radical (unpaired) electrons. The minimum Gasteiger partial charge on any atom is -0.375 e. The van der Waals surface area contributed by atoms with Crippen LogP contribution in [0.4, 0.5) is 5.82 Å². The van der Waals surface area contributed by atoms with Gasteiger partial charge in [0, 0.05) is 13.1 Å². The van der Waals surface area contributed by atoms with Crippen LogP contribution in [0.1, 0.15) is 39.8 Å². The van der Waals surface area contributed by atoms with Gasteiger partial charge in [-0.05, 0) is 25.8 Å². The number of aromatic nitrogens is 2. The fraction of sp³-hybridized carbons (Fsp3) is 0.750. The van der Waals surface area contributed by atoms with Crippen LogP contribution in [0.5, 0.6) is 0 Å². The lowest BCUT2D eigenvalue weighted by molar-refractivity contribution is 0.0296. The van der Waals surface area contributed by atoms with E-state index in [1.54, 1.807) is 0 Å². The molecule has 1 fully saturated rings. The van der Waals surface area contributed by atoms with E-state index in [0.717, 1.165) is 44.2 Å². The molecule has 1 aromatic rings. The van der Waals surface area contributed by atoms with E-state index in [1.807, 2.05) is 12.4 Å². The highest BCUT2D eigenvalue weighted by molar-refractivity contribution is 5.38. The van der Waals surface area contributed by atoms with Crippen molar-refractivity contribution in [3.05, 3.63) is 18.1 Å². The maximum atomic E-state index is 5.73. The summed E-state index contributed by atoms with van der Waals surface area (Å²) in [4.78, 5) is 11.5. The molecule has 5 nitrogen and oxygen atoms in total. The number of anilines is 1. The third-order valence-electron chi connectivity index (χ3n) is 3.78. The Morgan fingerprint density at radius 3 is 2.81 bits per heavy atom. The summed E-state index contributed by atoms with van der Waals surface area (Å²) in [6.45, 7) is 12.1. The summed E-state index contributed by atoms with van der Waals surface area (Å²) in [5.74, 6) is 1.61. The highest BCUT2D eigenvalue weighted by Crippen LogP contribution is 2.20. The summed E-state index contributed by atoms with van der Waals surface area (Å²) in [5.41, 5.74) is 0.994. The van der Waals surface area contributed by atoms with Gasteiger partial charge in [-0.2, -0.15) is 0 Å². The number of nitrogens with one attached hydrogen (secondary N) is 1. The highest BCUT2D eigenvalue weighted by Gasteiger charge is 2.26. The van der Waals surface area contributed by atoms with Gasteiger partial charge in [0.25, 0.3) is 0 Å². The van der Waals surface area contributed by atoms with Gasteiger partial charge in [0.2, 0.25) is 0 Å². The molecule has 0 aliphatic carbocycles. The van der Waals surface area contributed by atoms with E-state index in [4.69, 9.17) is 4.74 Å². The first-order valence-electron chi connectivity index (χ1n) is 8.00. The van der Waals surface area contributed by atoms with Gasteiger partial charge < -0.3 is 15.0 Å². The molecule has 5 heteroatoms. The second kappa shape index (κ2) is 7.71.